The van der Waals surface area contributed by atoms with Gasteiger partial charge in [0.15, 0.2) is 4.80 Å². The average Bonchev–Trinajstić information content (AvgIpc) is 3.34. The molecule has 0 saturated heterocycles. The number of alkyl halides is 3. The summed E-state index contributed by atoms with van der Waals surface area (Å²) < 4.78 is 59.0. The zero-order chi connectivity index (χ0) is 29.8. The number of rotatable bonds is 14. The molecule has 0 atom stereocenters. The molecule has 0 saturated carbocycles. The second-order valence-electron chi connectivity index (χ2n) is 8.48. The first-order valence-electron chi connectivity index (χ1n) is 12.5. The van der Waals surface area contributed by atoms with Crippen LogP contribution in [0.2, 0.25) is 0 Å². The highest BCUT2D eigenvalue weighted by Gasteiger charge is 2.31. The summed E-state index contributed by atoms with van der Waals surface area (Å²) in [4.78, 5) is 29.7. The lowest BCUT2D eigenvalue weighted by atomic mass is 10.1. The number of nitrogens with zero attached hydrogens (tertiary/aromatic N) is 2. The zero-order valence-electron chi connectivity index (χ0n) is 22.7. The van der Waals surface area contributed by atoms with Gasteiger partial charge in [-0.25, -0.2) is 0 Å². The van der Waals surface area contributed by atoms with Gasteiger partial charge in [0.25, 0.3) is 5.91 Å². The molecule has 0 bridgehead atoms. The van der Waals surface area contributed by atoms with Crippen LogP contribution in [0.25, 0.3) is 11.3 Å². The SMILES string of the molecule is COCCNC(=O)CNCCCn1c(-c2ccc(OC(F)(F)F)cc2)cs/c1=N\C(=O)c1ccc(OC)cc1OC. The van der Waals surface area contributed by atoms with Gasteiger partial charge < -0.3 is 34.1 Å². The molecule has 2 aromatic carbocycles. The van der Waals surface area contributed by atoms with E-state index in [0.717, 1.165) is 0 Å². The first-order chi connectivity index (χ1) is 19.6. The van der Waals surface area contributed by atoms with E-state index in [1.165, 1.54) is 49.8 Å². The molecule has 10 nitrogen and oxygen atoms in total. The van der Waals surface area contributed by atoms with Crippen LogP contribution in [0.3, 0.4) is 0 Å². The molecule has 0 spiro atoms. The molecule has 1 aromatic heterocycles. The second kappa shape index (κ2) is 15.2. The minimum atomic E-state index is -4.80. The first kappa shape index (κ1) is 31.6. The standard InChI is InChI=1S/C27H31F3N4O6S/c1-37-14-12-32-24(35)16-31-11-4-13-34-22(18-5-7-19(8-6-18)40-27(28,29)30)17-41-26(34)33-25(36)21-10-9-20(38-2)15-23(21)39-3/h5-10,15,17,31H,4,11-14,16H2,1-3H3,(H,32,35)/b33-26-. The first-order valence-corrected chi connectivity index (χ1v) is 13.3. The minimum absolute atomic E-state index is 0.124. The van der Waals surface area contributed by atoms with E-state index in [1.54, 1.807) is 35.3 Å². The second-order valence-corrected chi connectivity index (χ2v) is 9.32. The van der Waals surface area contributed by atoms with Crippen molar-refractivity contribution >= 4 is 23.2 Å². The van der Waals surface area contributed by atoms with E-state index in [2.05, 4.69) is 20.4 Å². The Hall–Kier alpha value is -3.88. The van der Waals surface area contributed by atoms with E-state index < -0.39 is 12.3 Å². The molecule has 222 valence electrons. The van der Waals surface area contributed by atoms with Crippen LogP contribution in [0.5, 0.6) is 17.2 Å². The Labute approximate surface area is 238 Å². The van der Waals surface area contributed by atoms with E-state index in [4.69, 9.17) is 14.2 Å². The summed E-state index contributed by atoms with van der Waals surface area (Å²) in [7, 11) is 4.49. The molecule has 3 aromatic rings. The van der Waals surface area contributed by atoms with Crippen molar-refractivity contribution in [2.45, 2.75) is 19.3 Å². The van der Waals surface area contributed by atoms with Crippen molar-refractivity contribution in [3.05, 3.63) is 58.2 Å². The van der Waals surface area contributed by atoms with Crippen molar-refractivity contribution in [2.24, 2.45) is 4.99 Å². The molecule has 1 heterocycles. The molecule has 2 N–H and O–H groups in total. The number of carbonyl (C=O) groups excluding carboxylic acids is 2. The van der Waals surface area contributed by atoms with Crippen molar-refractivity contribution in [1.29, 1.82) is 0 Å². The Bertz CT molecular complexity index is 1370. The van der Waals surface area contributed by atoms with Gasteiger partial charge >= 0.3 is 6.36 Å². The Balaban J connectivity index is 1.84. The van der Waals surface area contributed by atoms with Gasteiger partial charge in [-0.15, -0.1) is 24.5 Å². The number of nitrogens with one attached hydrogen (secondary N) is 2. The monoisotopic (exact) mass is 596 g/mol. The van der Waals surface area contributed by atoms with Gasteiger partial charge in [-0.1, -0.05) is 0 Å². The predicted octanol–water partition coefficient (Wildman–Crippen LogP) is 3.62. The number of halogens is 3. The largest absolute Gasteiger partial charge is 0.573 e. The number of thiazole rings is 1. The van der Waals surface area contributed by atoms with Crippen LogP contribution in [0, 0.1) is 0 Å². The van der Waals surface area contributed by atoms with Gasteiger partial charge in [0, 0.05) is 31.6 Å². The highest BCUT2D eigenvalue weighted by molar-refractivity contribution is 7.07. The van der Waals surface area contributed by atoms with Crippen LogP contribution in [0.4, 0.5) is 13.2 Å². The van der Waals surface area contributed by atoms with Crippen molar-refractivity contribution < 1.29 is 41.7 Å². The van der Waals surface area contributed by atoms with E-state index in [-0.39, 0.29) is 23.8 Å². The maximum atomic E-state index is 13.1. The summed E-state index contributed by atoms with van der Waals surface area (Å²) in [5.41, 5.74) is 1.50. The summed E-state index contributed by atoms with van der Waals surface area (Å²) in [5.74, 6) is -0.227. The van der Waals surface area contributed by atoms with Gasteiger partial charge in [-0.2, -0.15) is 4.99 Å². The van der Waals surface area contributed by atoms with Crippen molar-refractivity contribution in [2.75, 3.05) is 47.6 Å². The Kier molecular flexibility index (Phi) is 11.7. The smallest absolute Gasteiger partial charge is 0.497 e. The molecular weight excluding hydrogens is 565 g/mol. The summed E-state index contributed by atoms with van der Waals surface area (Å²) >= 11 is 1.21. The molecular formula is C27H31F3N4O6S. The van der Waals surface area contributed by atoms with Crippen molar-refractivity contribution in [3.63, 3.8) is 0 Å². The topological polar surface area (TPSA) is 112 Å². The molecule has 41 heavy (non-hydrogen) atoms. The fourth-order valence-electron chi connectivity index (χ4n) is 3.73. The van der Waals surface area contributed by atoms with E-state index in [0.29, 0.717) is 60.2 Å². The Morgan fingerprint density at radius 2 is 1.73 bits per heavy atom. The summed E-state index contributed by atoms with van der Waals surface area (Å²) in [6.45, 7) is 1.84. The van der Waals surface area contributed by atoms with Crippen LogP contribution >= 0.6 is 11.3 Å². The quantitative estimate of drug-likeness (QED) is 0.274. The van der Waals surface area contributed by atoms with Crippen molar-refractivity contribution in [1.82, 2.24) is 15.2 Å². The number of hydrogen-bond acceptors (Lipinski definition) is 8. The molecule has 0 aliphatic rings. The lowest BCUT2D eigenvalue weighted by Gasteiger charge is -2.12. The summed E-state index contributed by atoms with van der Waals surface area (Å²) in [5, 5.41) is 7.55. The summed E-state index contributed by atoms with van der Waals surface area (Å²) in [6, 6.07) is 10.2. The highest BCUT2D eigenvalue weighted by Crippen LogP contribution is 2.28. The number of benzene rings is 2. The lowest BCUT2D eigenvalue weighted by molar-refractivity contribution is -0.274. The molecule has 3 rings (SSSR count). The van der Waals surface area contributed by atoms with Crippen LogP contribution in [-0.4, -0.2) is 70.3 Å². The highest BCUT2D eigenvalue weighted by atomic mass is 32.1. The molecule has 0 radical (unpaired) electrons. The van der Waals surface area contributed by atoms with Gasteiger partial charge in [-0.3, -0.25) is 9.59 Å². The third-order valence-corrected chi connectivity index (χ3v) is 6.53. The van der Waals surface area contributed by atoms with E-state index in [1.807, 2.05) is 0 Å². The van der Waals surface area contributed by atoms with Crippen LogP contribution in [0.1, 0.15) is 16.8 Å². The maximum Gasteiger partial charge on any atom is 0.573 e. The summed E-state index contributed by atoms with van der Waals surface area (Å²) in [6.07, 6.45) is -4.23. The van der Waals surface area contributed by atoms with E-state index in [9.17, 15) is 22.8 Å². The van der Waals surface area contributed by atoms with Gasteiger partial charge in [0.1, 0.15) is 17.2 Å². The van der Waals surface area contributed by atoms with Crippen LogP contribution in [0.15, 0.2) is 52.8 Å². The normalized spacial score (nSPS) is 11.8. The molecule has 0 aliphatic carbocycles. The number of methoxy groups -OCH3 is 3. The zero-order valence-corrected chi connectivity index (χ0v) is 23.6. The maximum absolute atomic E-state index is 13.1. The molecule has 0 aliphatic heterocycles. The third kappa shape index (κ3) is 9.62. The Morgan fingerprint density at radius 3 is 2.39 bits per heavy atom. The van der Waals surface area contributed by atoms with Crippen molar-refractivity contribution in [3.8, 4) is 28.5 Å². The number of aromatic nitrogens is 1. The predicted molar refractivity (Wildman–Crippen MR) is 146 cm³/mol. The van der Waals surface area contributed by atoms with Crippen LogP contribution in [-0.2, 0) is 16.1 Å². The number of carbonyl (C=O) groups is 2. The number of hydrogen-bond donors (Lipinski definition) is 2. The molecule has 0 fully saturated rings. The lowest BCUT2D eigenvalue weighted by Crippen LogP contribution is -2.36. The molecule has 0 unspecified atom stereocenters. The van der Waals surface area contributed by atoms with Gasteiger partial charge in [0.05, 0.1) is 38.6 Å². The number of ether oxygens (including phenoxy) is 4. The fourth-order valence-corrected chi connectivity index (χ4v) is 4.67. The fraction of sp³-hybridized carbons (Fsp3) is 0.370. The number of amides is 2. The molecule has 2 amide bonds. The van der Waals surface area contributed by atoms with E-state index >= 15 is 0 Å². The van der Waals surface area contributed by atoms with Gasteiger partial charge in [-0.05, 0) is 54.9 Å². The minimum Gasteiger partial charge on any atom is -0.497 e. The third-order valence-electron chi connectivity index (χ3n) is 5.67. The Morgan fingerprint density at radius 1 is 1.00 bits per heavy atom. The van der Waals surface area contributed by atoms with Gasteiger partial charge in [0.2, 0.25) is 5.91 Å². The molecule has 14 heteroatoms. The average molecular weight is 597 g/mol. The van der Waals surface area contributed by atoms with Crippen LogP contribution < -0.4 is 29.6 Å².